The van der Waals surface area contributed by atoms with Crippen LogP contribution in [0.25, 0.3) is 0 Å². The average Bonchev–Trinajstić information content (AvgIpc) is 2.29. The summed E-state index contributed by atoms with van der Waals surface area (Å²) < 4.78 is 1.94. The Morgan fingerprint density at radius 1 is 1.42 bits per heavy atom. The predicted molar refractivity (Wildman–Crippen MR) is 55.6 cm³/mol. The SMILES string of the molecule is CCc1nn(C)cc1[Si](C)(C)C. The summed E-state index contributed by atoms with van der Waals surface area (Å²) in [7, 11) is 0.841. The summed E-state index contributed by atoms with van der Waals surface area (Å²) in [6, 6.07) is 0. The van der Waals surface area contributed by atoms with Crippen LogP contribution in [0.3, 0.4) is 0 Å². The molecule has 3 heteroatoms. The van der Waals surface area contributed by atoms with Crippen LogP contribution in [0.5, 0.6) is 0 Å². The van der Waals surface area contributed by atoms with Gasteiger partial charge in [-0.05, 0) is 11.6 Å². The molecule has 1 rings (SSSR count). The van der Waals surface area contributed by atoms with Gasteiger partial charge in [0.25, 0.3) is 0 Å². The van der Waals surface area contributed by atoms with Gasteiger partial charge in [0.15, 0.2) is 0 Å². The lowest BCUT2D eigenvalue weighted by Gasteiger charge is -2.14. The Kier molecular flexibility index (Phi) is 2.42. The first-order valence-electron chi connectivity index (χ1n) is 4.48. The van der Waals surface area contributed by atoms with Gasteiger partial charge in [0.1, 0.15) is 0 Å². The van der Waals surface area contributed by atoms with Gasteiger partial charge >= 0.3 is 0 Å². The first-order valence-corrected chi connectivity index (χ1v) is 7.98. The van der Waals surface area contributed by atoms with E-state index in [0.29, 0.717) is 0 Å². The van der Waals surface area contributed by atoms with Crippen LogP contribution in [-0.2, 0) is 13.5 Å². The maximum atomic E-state index is 4.45. The summed E-state index contributed by atoms with van der Waals surface area (Å²) in [5.41, 5.74) is 1.29. The van der Waals surface area contributed by atoms with E-state index >= 15 is 0 Å². The Morgan fingerprint density at radius 3 is 2.33 bits per heavy atom. The minimum atomic E-state index is -1.16. The molecule has 0 bridgehead atoms. The minimum absolute atomic E-state index is 1.06. The zero-order valence-corrected chi connectivity index (χ0v) is 9.68. The Labute approximate surface area is 75.6 Å². The summed E-state index contributed by atoms with van der Waals surface area (Å²) in [5, 5.41) is 5.95. The second-order valence-corrected chi connectivity index (χ2v) is 9.31. The smallest absolute Gasteiger partial charge is 0.0820 e. The van der Waals surface area contributed by atoms with Crippen LogP contribution in [-0.4, -0.2) is 17.9 Å². The van der Waals surface area contributed by atoms with Crippen LogP contribution in [0.2, 0.25) is 19.6 Å². The van der Waals surface area contributed by atoms with E-state index in [0.717, 1.165) is 6.42 Å². The molecule has 0 aliphatic carbocycles. The molecule has 68 valence electrons. The molecule has 0 aliphatic heterocycles. The van der Waals surface area contributed by atoms with Gasteiger partial charge in [-0.1, -0.05) is 26.6 Å². The fourth-order valence-corrected chi connectivity index (χ4v) is 3.09. The van der Waals surface area contributed by atoms with E-state index in [1.807, 2.05) is 11.7 Å². The molecule has 1 aromatic rings. The predicted octanol–water partition coefficient (Wildman–Crippen LogP) is 1.53. The lowest BCUT2D eigenvalue weighted by molar-refractivity contribution is 0.746. The van der Waals surface area contributed by atoms with E-state index in [1.165, 1.54) is 10.9 Å². The van der Waals surface area contributed by atoms with Gasteiger partial charge in [0.2, 0.25) is 0 Å². The fraction of sp³-hybridized carbons (Fsp3) is 0.667. The van der Waals surface area contributed by atoms with Gasteiger partial charge in [-0.2, -0.15) is 5.10 Å². The van der Waals surface area contributed by atoms with Gasteiger partial charge in [-0.3, -0.25) is 4.68 Å². The number of aryl methyl sites for hydroxylation is 2. The van der Waals surface area contributed by atoms with Crippen LogP contribution < -0.4 is 5.19 Å². The first kappa shape index (κ1) is 9.51. The molecule has 0 unspecified atom stereocenters. The summed E-state index contributed by atoms with van der Waals surface area (Å²) in [4.78, 5) is 0. The van der Waals surface area contributed by atoms with E-state index in [9.17, 15) is 0 Å². The van der Waals surface area contributed by atoms with Crippen molar-refractivity contribution in [3.63, 3.8) is 0 Å². The summed E-state index contributed by atoms with van der Waals surface area (Å²) >= 11 is 0. The molecule has 0 aliphatic rings. The van der Waals surface area contributed by atoms with Gasteiger partial charge in [0, 0.05) is 13.2 Å². The van der Waals surface area contributed by atoms with Crippen LogP contribution >= 0.6 is 0 Å². The second kappa shape index (κ2) is 3.05. The number of nitrogens with zero attached hydrogens (tertiary/aromatic N) is 2. The largest absolute Gasteiger partial charge is 0.276 e. The summed E-state index contributed by atoms with van der Waals surface area (Å²) in [6.07, 6.45) is 3.24. The molecule has 1 aromatic heterocycles. The lowest BCUT2D eigenvalue weighted by atomic mass is 10.3. The normalized spacial score (nSPS) is 12.1. The molecule has 0 spiro atoms. The minimum Gasteiger partial charge on any atom is -0.276 e. The van der Waals surface area contributed by atoms with Gasteiger partial charge in [0.05, 0.1) is 13.8 Å². The van der Waals surface area contributed by atoms with Crippen molar-refractivity contribution in [2.24, 2.45) is 7.05 Å². The summed E-state index contributed by atoms with van der Waals surface area (Å²) in [6.45, 7) is 9.27. The molecule has 0 saturated carbocycles. The highest BCUT2D eigenvalue weighted by atomic mass is 28.3. The molecule has 0 fully saturated rings. The monoisotopic (exact) mass is 182 g/mol. The third-order valence-corrected chi connectivity index (χ3v) is 4.08. The van der Waals surface area contributed by atoms with Crippen LogP contribution in [0, 0.1) is 0 Å². The highest BCUT2D eigenvalue weighted by Crippen LogP contribution is 2.05. The third-order valence-electron chi connectivity index (χ3n) is 2.05. The van der Waals surface area contributed by atoms with Crippen molar-refractivity contribution < 1.29 is 0 Å². The van der Waals surface area contributed by atoms with E-state index < -0.39 is 8.07 Å². The van der Waals surface area contributed by atoms with Crippen LogP contribution in [0.1, 0.15) is 12.6 Å². The molecule has 12 heavy (non-hydrogen) atoms. The van der Waals surface area contributed by atoms with Crippen molar-refractivity contribution in [1.29, 1.82) is 0 Å². The number of rotatable bonds is 2. The summed E-state index contributed by atoms with van der Waals surface area (Å²) in [5.74, 6) is 0. The van der Waals surface area contributed by atoms with Crippen molar-refractivity contribution in [2.45, 2.75) is 33.0 Å². The number of hydrogen-bond acceptors (Lipinski definition) is 1. The van der Waals surface area contributed by atoms with Gasteiger partial charge in [-0.15, -0.1) is 0 Å². The van der Waals surface area contributed by atoms with Crippen LogP contribution in [0.15, 0.2) is 6.20 Å². The van der Waals surface area contributed by atoms with Gasteiger partial charge in [-0.25, -0.2) is 0 Å². The highest BCUT2D eigenvalue weighted by molar-refractivity contribution is 6.88. The number of hydrogen-bond donors (Lipinski definition) is 0. The van der Waals surface area contributed by atoms with Crippen molar-refractivity contribution in [1.82, 2.24) is 9.78 Å². The van der Waals surface area contributed by atoms with Gasteiger partial charge < -0.3 is 0 Å². The van der Waals surface area contributed by atoms with Crippen molar-refractivity contribution in [2.75, 3.05) is 0 Å². The van der Waals surface area contributed by atoms with Crippen molar-refractivity contribution >= 4 is 13.3 Å². The molecule has 1 heterocycles. The third kappa shape index (κ3) is 1.77. The Hall–Kier alpha value is -0.573. The van der Waals surface area contributed by atoms with Crippen LogP contribution in [0.4, 0.5) is 0 Å². The van der Waals surface area contributed by atoms with E-state index in [1.54, 1.807) is 0 Å². The molecule has 0 aromatic carbocycles. The Balaban J connectivity index is 3.13. The first-order chi connectivity index (χ1) is 5.45. The molecule has 2 nitrogen and oxygen atoms in total. The molecular formula is C9H18N2Si. The standard InChI is InChI=1S/C9H18N2Si/c1-6-8-9(12(3,4)5)7-11(2)10-8/h7H,6H2,1-5H3. The fourth-order valence-electron chi connectivity index (χ4n) is 1.42. The van der Waals surface area contributed by atoms with Crippen molar-refractivity contribution in [3.8, 4) is 0 Å². The maximum Gasteiger partial charge on any atom is 0.0820 e. The number of aromatic nitrogens is 2. The Morgan fingerprint density at radius 2 is 2.00 bits per heavy atom. The van der Waals surface area contributed by atoms with E-state index in [4.69, 9.17) is 0 Å². The molecule has 0 saturated heterocycles. The zero-order valence-electron chi connectivity index (χ0n) is 8.68. The molecule has 0 atom stereocenters. The molecule has 0 amide bonds. The zero-order chi connectivity index (χ0) is 9.35. The molecular weight excluding hydrogens is 164 g/mol. The maximum absolute atomic E-state index is 4.45. The highest BCUT2D eigenvalue weighted by Gasteiger charge is 2.21. The Bertz CT molecular complexity index is 271. The van der Waals surface area contributed by atoms with E-state index in [-0.39, 0.29) is 0 Å². The van der Waals surface area contributed by atoms with Crippen molar-refractivity contribution in [3.05, 3.63) is 11.9 Å². The quantitative estimate of drug-likeness (QED) is 0.634. The lowest BCUT2D eigenvalue weighted by Crippen LogP contribution is -2.39. The van der Waals surface area contributed by atoms with E-state index in [2.05, 4.69) is 37.9 Å². The molecule has 0 N–H and O–H groups in total. The topological polar surface area (TPSA) is 17.8 Å². The average molecular weight is 182 g/mol. The second-order valence-electron chi connectivity index (χ2n) is 4.27. The molecule has 0 radical (unpaired) electrons.